The largest absolute Gasteiger partial charge is 0.326 e. The number of aryl methyl sites for hydroxylation is 1. The van der Waals surface area contributed by atoms with E-state index in [1.54, 1.807) is 0 Å². The van der Waals surface area contributed by atoms with Gasteiger partial charge < -0.3 is 5.73 Å². The molecule has 1 aromatic heterocycles. The van der Waals surface area contributed by atoms with Crippen LogP contribution in [0.3, 0.4) is 0 Å². The van der Waals surface area contributed by atoms with E-state index in [1.807, 2.05) is 17.7 Å². The molecule has 0 spiro atoms. The SMILES string of the molecule is Cc1cscc1CNS(=O)(=O)c1cc(F)ccc1CN. The zero-order chi connectivity index (χ0) is 14.8. The molecule has 2 rings (SSSR count). The fourth-order valence-corrected chi connectivity index (χ4v) is 3.89. The molecule has 0 saturated carbocycles. The molecule has 0 radical (unpaired) electrons. The van der Waals surface area contributed by atoms with Crippen LogP contribution in [0.5, 0.6) is 0 Å². The quantitative estimate of drug-likeness (QED) is 0.888. The van der Waals surface area contributed by atoms with Gasteiger partial charge in [-0.1, -0.05) is 6.07 Å². The first-order valence-electron chi connectivity index (χ1n) is 5.94. The molecular formula is C13H15FN2O2S2. The van der Waals surface area contributed by atoms with Gasteiger partial charge in [-0.05, 0) is 46.5 Å². The molecule has 0 unspecified atom stereocenters. The van der Waals surface area contributed by atoms with Crippen molar-refractivity contribution in [1.29, 1.82) is 0 Å². The maximum Gasteiger partial charge on any atom is 0.241 e. The summed E-state index contributed by atoms with van der Waals surface area (Å²) in [5, 5.41) is 3.82. The first-order valence-corrected chi connectivity index (χ1v) is 8.36. The lowest BCUT2D eigenvalue weighted by Gasteiger charge is -2.10. The minimum Gasteiger partial charge on any atom is -0.326 e. The van der Waals surface area contributed by atoms with E-state index in [1.165, 1.54) is 23.5 Å². The summed E-state index contributed by atoms with van der Waals surface area (Å²) in [4.78, 5) is -0.104. The summed E-state index contributed by atoms with van der Waals surface area (Å²) in [6, 6.07) is 3.58. The molecule has 0 aliphatic rings. The van der Waals surface area contributed by atoms with Crippen molar-refractivity contribution in [1.82, 2.24) is 4.72 Å². The second-order valence-corrected chi connectivity index (χ2v) is 6.84. The minimum atomic E-state index is -3.78. The Morgan fingerprint density at radius 1 is 1.30 bits per heavy atom. The number of rotatable bonds is 5. The van der Waals surface area contributed by atoms with Crippen LogP contribution in [-0.2, 0) is 23.1 Å². The van der Waals surface area contributed by atoms with Crippen molar-refractivity contribution in [2.75, 3.05) is 0 Å². The van der Waals surface area contributed by atoms with Crippen molar-refractivity contribution in [2.45, 2.75) is 24.9 Å². The fraction of sp³-hybridized carbons (Fsp3) is 0.231. The first-order chi connectivity index (χ1) is 9.44. The predicted octanol–water partition coefficient (Wildman–Crippen LogP) is 2.13. The third-order valence-corrected chi connectivity index (χ3v) is 5.35. The van der Waals surface area contributed by atoms with Crippen LogP contribution in [0.25, 0.3) is 0 Å². The Kier molecular flexibility index (Phi) is 4.54. The molecule has 2 aromatic rings. The average molecular weight is 314 g/mol. The summed E-state index contributed by atoms with van der Waals surface area (Å²) >= 11 is 1.51. The molecule has 0 atom stereocenters. The summed E-state index contributed by atoms with van der Waals surface area (Å²) in [5.74, 6) is -0.603. The molecule has 3 N–H and O–H groups in total. The zero-order valence-corrected chi connectivity index (χ0v) is 12.5. The number of benzene rings is 1. The summed E-state index contributed by atoms with van der Waals surface area (Å²) < 4.78 is 40.2. The number of nitrogens with two attached hydrogens (primary N) is 1. The van der Waals surface area contributed by atoms with Crippen LogP contribution in [0.2, 0.25) is 0 Å². The van der Waals surface area contributed by atoms with Crippen molar-refractivity contribution in [2.24, 2.45) is 5.73 Å². The second kappa shape index (κ2) is 6.01. The molecule has 0 aliphatic heterocycles. The lowest BCUT2D eigenvalue weighted by molar-refractivity contribution is 0.575. The van der Waals surface area contributed by atoms with Gasteiger partial charge in [-0.2, -0.15) is 11.3 Å². The monoisotopic (exact) mass is 314 g/mol. The number of sulfonamides is 1. The van der Waals surface area contributed by atoms with Gasteiger partial charge in [0.05, 0.1) is 4.90 Å². The van der Waals surface area contributed by atoms with Gasteiger partial charge in [0, 0.05) is 13.1 Å². The summed E-state index contributed by atoms with van der Waals surface area (Å²) in [6.45, 7) is 2.12. The molecule has 0 saturated heterocycles. The zero-order valence-electron chi connectivity index (χ0n) is 10.9. The smallest absolute Gasteiger partial charge is 0.241 e. The highest BCUT2D eigenvalue weighted by Gasteiger charge is 2.19. The fourth-order valence-electron chi connectivity index (χ4n) is 1.77. The topological polar surface area (TPSA) is 72.2 Å². The van der Waals surface area contributed by atoms with Crippen LogP contribution in [0.4, 0.5) is 4.39 Å². The third kappa shape index (κ3) is 3.24. The Hall–Kier alpha value is -1.28. The second-order valence-electron chi connectivity index (χ2n) is 4.36. The van der Waals surface area contributed by atoms with E-state index in [9.17, 15) is 12.8 Å². The van der Waals surface area contributed by atoms with E-state index >= 15 is 0 Å². The highest BCUT2D eigenvalue weighted by Crippen LogP contribution is 2.19. The molecule has 1 aromatic carbocycles. The summed E-state index contributed by atoms with van der Waals surface area (Å²) in [6.07, 6.45) is 0. The molecule has 7 heteroatoms. The molecular weight excluding hydrogens is 299 g/mol. The van der Waals surface area contributed by atoms with Gasteiger partial charge in [-0.3, -0.25) is 0 Å². The molecule has 1 heterocycles. The highest BCUT2D eigenvalue weighted by atomic mass is 32.2. The summed E-state index contributed by atoms with van der Waals surface area (Å²) in [5.41, 5.74) is 7.82. The van der Waals surface area contributed by atoms with Crippen molar-refractivity contribution in [3.8, 4) is 0 Å². The molecule has 4 nitrogen and oxygen atoms in total. The van der Waals surface area contributed by atoms with Crippen LogP contribution in [0.1, 0.15) is 16.7 Å². The van der Waals surface area contributed by atoms with E-state index in [2.05, 4.69) is 4.72 Å². The van der Waals surface area contributed by atoms with E-state index in [-0.39, 0.29) is 18.0 Å². The van der Waals surface area contributed by atoms with Crippen LogP contribution in [-0.4, -0.2) is 8.42 Å². The Labute approximate surface area is 121 Å². The van der Waals surface area contributed by atoms with Gasteiger partial charge in [0.25, 0.3) is 0 Å². The van der Waals surface area contributed by atoms with Crippen molar-refractivity contribution in [3.63, 3.8) is 0 Å². The average Bonchev–Trinajstić information content (AvgIpc) is 2.82. The number of nitrogens with one attached hydrogen (secondary N) is 1. The molecule has 0 fully saturated rings. The van der Waals surface area contributed by atoms with E-state index in [0.29, 0.717) is 5.56 Å². The Morgan fingerprint density at radius 2 is 2.05 bits per heavy atom. The van der Waals surface area contributed by atoms with Crippen LogP contribution < -0.4 is 10.5 Å². The number of halogens is 1. The van der Waals surface area contributed by atoms with Gasteiger partial charge >= 0.3 is 0 Å². The molecule has 0 bridgehead atoms. The van der Waals surface area contributed by atoms with Crippen molar-refractivity contribution in [3.05, 3.63) is 51.5 Å². The molecule has 20 heavy (non-hydrogen) atoms. The summed E-state index contributed by atoms with van der Waals surface area (Å²) in [7, 11) is -3.78. The Morgan fingerprint density at radius 3 is 2.65 bits per heavy atom. The Balaban J connectivity index is 2.26. The maximum atomic E-state index is 13.3. The van der Waals surface area contributed by atoms with Crippen LogP contribution >= 0.6 is 11.3 Å². The van der Waals surface area contributed by atoms with Crippen molar-refractivity contribution >= 4 is 21.4 Å². The maximum absolute atomic E-state index is 13.3. The molecule has 108 valence electrons. The lowest BCUT2D eigenvalue weighted by Crippen LogP contribution is -2.25. The Bertz CT molecular complexity index is 711. The van der Waals surface area contributed by atoms with Gasteiger partial charge in [0.2, 0.25) is 10.0 Å². The molecule has 0 amide bonds. The minimum absolute atomic E-state index is 0.0357. The van der Waals surface area contributed by atoms with Gasteiger partial charge in [-0.15, -0.1) is 0 Å². The predicted molar refractivity (Wildman–Crippen MR) is 77.4 cm³/mol. The van der Waals surface area contributed by atoms with Gasteiger partial charge in [0.1, 0.15) is 5.82 Å². The number of hydrogen-bond acceptors (Lipinski definition) is 4. The van der Waals surface area contributed by atoms with Gasteiger partial charge in [0.15, 0.2) is 0 Å². The normalized spacial score (nSPS) is 11.8. The van der Waals surface area contributed by atoms with Gasteiger partial charge in [-0.25, -0.2) is 17.5 Å². The standard InChI is InChI=1S/C13H15FN2O2S2/c1-9-7-19-8-11(9)6-16-20(17,18)13-4-12(14)3-2-10(13)5-15/h2-4,7-8,16H,5-6,15H2,1H3. The highest BCUT2D eigenvalue weighted by molar-refractivity contribution is 7.89. The van der Waals surface area contributed by atoms with E-state index < -0.39 is 15.8 Å². The van der Waals surface area contributed by atoms with E-state index in [0.717, 1.165) is 17.2 Å². The van der Waals surface area contributed by atoms with Crippen LogP contribution in [0.15, 0.2) is 33.9 Å². The lowest BCUT2D eigenvalue weighted by atomic mass is 10.2. The van der Waals surface area contributed by atoms with Crippen LogP contribution in [0, 0.1) is 12.7 Å². The number of thiophene rings is 1. The third-order valence-electron chi connectivity index (χ3n) is 2.95. The van der Waals surface area contributed by atoms with E-state index in [4.69, 9.17) is 5.73 Å². The molecule has 0 aliphatic carbocycles. The first kappa shape index (κ1) is 15.1. The van der Waals surface area contributed by atoms with Crippen molar-refractivity contribution < 1.29 is 12.8 Å². The number of hydrogen-bond donors (Lipinski definition) is 2.